The molecule has 0 radical (unpaired) electrons. The number of hydrogen-bond acceptors (Lipinski definition) is 3. The second kappa shape index (κ2) is 13.4. The highest BCUT2D eigenvalue weighted by atomic mass is 32.1. The monoisotopic (exact) mass is 707 g/mol. The molecule has 3 aliphatic rings. The molecule has 0 bridgehead atoms. The molecule has 0 fully saturated rings. The van der Waals surface area contributed by atoms with Crippen molar-refractivity contribution in [2.75, 3.05) is 4.90 Å². The van der Waals surface area contributed by atoms with Crippen LogP contribution in [0.5, 0.6) is 0 Å². The molecule has 0 aliphatic heterocycles. The third kappa shape index (κ3) is 5.54. The third-order valence-corrected chi connectivity index (χ3v) is 13.4. The Balaban J connectivity index is 1.29. The zero-order valence-corrected chi connectivity index (χ0v) is 31.7. The fourth-order valence-corrected chi connectivity index (χ4v) is 10.8. The lowest BCUT2D eigenvalue weighted by molar-refractivity contribution is 0.608. The van der Waals surface area contributed by atoms with Gasteiger partial charge in [-0.2, -0.15) is 0 Å². The van der Waals surface area contributed by atoms with Gasteiger partial charge in [-0.1, -0.05) is 136 Å². The molecule has 0 saturated heterocycles. The number of rotatable bonds is 6. The molecule has 2 heterocycles. The number of hydrogen-bond donors (Lipinski definition) is 0. The lowest BCUT2D eigenvalue weighted by atomic mass is 9.75. The van der Waals surface area contributed by atoms with Crippen LogP contribution in [0.3, 0.4) is 0 Å². The van der Waals surface area contributed by atoms with Crippen molar-refractivity contribution in [2.45, 2.75) is 40.0 Å². The molecule has 0 N–H and O–H groups in total. The molecule has 4 atom stereocenters. The average Bonchev–Trinajstić information content (AvgIpc) is 3.76. The summed E-state index contributed by atoms with van der Waals surface area (Å²) >= 11 is 3.76. The van der Waals surface area contributed by atoms with E-state index in [4.69, 9.17) is 0 Å². The van der Waals surface area contributed by atoms with E-state index in [0.717, 1.165) is 12.1 Å². The summed E-state index contributed by atoms with van der Waals surface area (Å²) in [5.41, 5.74) is 10.3. The molecule has 0 spiro atoms. The van der Waals surface area contributed by atoms with Gasteiger partial charge in [0.25, 0.3) is 0 Å². The SMILES string of the molecule is C/C=C\C(=C1\C=CC=CC1C)c1ccc(N(C2=CC(C3=CCC(C)C=C3)C(C)c3c2sc2c#cccc32)c2cccc3c2sc2ccccc23)cc1. The summed E-state index contributed by atoms with van der Waals surface area (Å²) in [5, 5.41) is 3.92. The molecule has 0 amide bonds. The summed E-state index contributed by atoms with van der Waals surface area (Å²) in [6, 6.07) is 36.0. The Kier molecular flexibility index (Phi) is 8.46. The largest absolute Gasteiger partial charge is 0.308 e. The Morgan fingerprint density at radius 2 is 1.69 bits per heavy atom. The second-order valence-corrected chi connectivity index (χ2v) is 16.4. The normalized spacial score (nSPS) is 22.2. The van der Waals surface area contributed by atoms with Crippen molar-refractivity contribution in [3.63, 3.8) is 0 Å². The van der Waals surface area contributed by atoms with Gasteiger partial charge >= 0.3 is 0 Å². The highest BCUT2D eigenvalue weighted by Gasteiger charge is 2.35. The van der Waals surface area contributed by atoms with Crippen LogP contribution in [0.15, 0.2) is 151 Å². The first-order valence-electron chi connectivity index (χ1n) is 18.5. The van der Waals surface area contributed by atoms with Crippen molar-refractivity contribution in [3.05, 3.63) is 179 Å². The van der Waals surface area contributed by atoms with Gasteiger partial charge in [-0.3, -0.25) is 0 Å². The highest BCUT2D eigenvalue weighted by Crippen LogP contribution is 2.53. The number of benzene rings is 3. The van der Waals surface area contributed by atoms with E-state index in [-0.39, 0.29) is 5.92 Å². The van der Waals surface area contributed by atoms with E-state index >= 15 is 0 Å². The van der Waals surface area contributed by atoms with Crippen LogP contribution in [-0.2, 0) is 0 Å². The molecule has 3 heteroatoms. The van der Waals surface area contributed by atoms with E-state index in [9.17, 15) is 0 Å². The molecule has 4 unspecified atom stereocenters. The van der Waals surface area contributed by atoms with E-state index < -0.39 is 0 Å². The van der Waals surface area contributed by atoms with Gasteiger partial charge < -0.3 is 4.90 Å². The quantitative estimate of drug-likeness (QED) is 0.167. The first kappa shape index (κ1) is 32.7. The first-order valence-corrected chi connectivity index (χ1v) is 20.1. The molecular weight excluding hydrogens is 667 g/mol. The fourth-order valence-electron chi connectivity index (χ4n) is 8.32. The van der Waals surface area contributed by atoms with Crippen LogP contribution in [0.25, 0.3) is 41.5 Å². The van der Waals surface area contributed by atoms with Gasteiger partial charge in [-0.25, -0.2) is 0 Å². The van der Waals surface area contributed by atoms with Gasteiger partial charge in [-0.15, -0.1) is 22.7 Å². The summed E-state index contributed by atoms with van der Waals surface area (Å²) in [6.07, 6.45) is 24.2. The number of allylic oxidation sites excluding steroid dienone is 13. The Bertz CT molecular complexity index is 2560. The predicted octanol–water partition coefficient (Wildman–Crippen LogP) is 14.4. The Hall–Kier alpha value is -5.14. The molecule has 0 saturated carbocycles. The number of thiophene rings is 2. The minimum atomic E-state index is 0.246. The third-order valence-electron chi connectivity index (χ3n) is 11.0. The molecule has 1 nitrogen and oxygen atoms in total. The summed E-state index contributed by atoms with van der Waals surface area (Å²) in [7, 11) is 0. The van der Waals surface area contributed by atoms with Crippen LogP contribution in [-0.4, -0.2) is 0 Å². The summed E-state index contributed by atoms with van der Waals surface area (Å²) < 4.78 is 3.80. The molecule has 4 aromatic carbocycles. The standard InChI is InChI=1S/C49H41NS2/c1-5-13-38(37-15-7-6-14-32(37)3)34-26-28-36(29-27-34)50(43-19-12-18-40-39-16-8-10-20-45(39)51-48(40)43)44-30-42(35-24-22-31(2)23-25-35)33(4)47-41-17-9-11-21-46(41)52-49(44)47/h5-10,12-20,22,24-33,42H,23H2,1-4H3/b13-5-,38-37+. The molecular formula is C49H41NS2. The van der Waals surface area contributed by atoms with Crippen LogP contribution in [0.4, 0.5) is 11.4 Å². The van der Waals surface area contributed by atoms with E-state index in [0.29, 0.717) is 17.8 Å². The van der Waals surface area contributed by atoms with E-state index in [1.54, 1.807) is 0 Å². The van der Waals surface area contributed by atoms with Gasteiger partial charge in [0.1, 0.15) is 0 Å². The maximum absolute atomic E-state index is 3.48. The zero-order valence-electron chi connectivity index (χ0n) is 30.1. The van der Waals surface area contributed by atoms with Crippen molar-refractivity contribution in [3.8, 4) is 0 Å². The highest BCUT2D eigenvalue weighted by molar-refractivity contribution is 7.26. The summed E-state index contributed by atoms with van der Waals surface area (Å²) in [4.78, 5) is 3.89. The first-order chi connectivity index (χ1) is 25.5. The van der Waals surface area contributed by atoms with Gasteiger partial charge in [-0.05, 0) is 95.3 Å². The van der Waals surface area contributed by atoms with Crippen LogP contribution in [0, 0.1) is 29.9 Å². The molecule has 254 valence electrons. The van der Waals surface area contributed by atoms with Crippen LogP contribution in [0.1, 0.15) is 56.0 Å². The van der Waals surface area contributed by atoms with Crippen LogP contribution >= 0.6 is 22.7 Å². The van der Waals surface area contributed by atoms with E-state index in [1.807, 2.05) is 28.7 Å². The minimum Gasteiger partial charge on any atom is -0.308 e. The van der Waals surface area contributed by atoms with E-state index in [2.05, 4.69) is 178 Å². The Morgan fingerprint density at radius 3 is 2.50 bits per heavy atom. The van der Waals surface area contributed by atoms with Crippen molar-refractivity contribution < 1.29 is 0 Å². The maximum atomic E-state index is 3.48. The minimum absolute atomic E-state index is 0.246. The van der Waals surface area contributed by atoms with Crippen molar-refractivity contribution >= 4 is 75.6 Å². The van der Waals surface area contributed by atoms with Gasteiger partial charge in [0, 0.05) is 32.5 Å². The van der Waals surface area contributed by atoms with Crippen molar-refractivity contribution in [2.24, 2.45) is 17.8 Å². The molecule has 2 aromatic heterocycles. The summed E-state index contributed by atoms with van der Waals surface area (Å²) in [5.74, 6) is 1.50. The summed E-state index contributed by atoms with van der Waals surface area (Å²) in [6.45, 7) is 9.12. The molecule has 52 heavy (non-hydrogen) atoms. The van der Waals surface area contributed by atoms with Crippen molar-refractivity contribution in [1.82, 2.24) is 0 Å². The van der Waals surface area contributed by atoms with Gasteiger partial charge in [0.15, 0.2) is 0 Å². The fraction of sp³-hybridized carbons (Fsp3) is 0.184. The van der Waals surface area contributed by atoms with Crippen molar-refractivity contribution in [1.29, 1.82) is 0 Å². The average molecular weight is 708 g/mol. The van der Waals surface area contributed by atoms with Gasteiger partial charge in [0.05, 0.1) is 25.7 Å². The molecule has 9 rings (SSSR count). The lowest BCUT2D eigenvalue weighted by Crippen LogP contribution is -2.23. The predicted molar refractivity (Wildman–Crippen MR) is 227 cm³/mol. The van der Waals surface area contributed by atoms with E-state index in [1.165, 1.54) is 74.4 Å². The topological polar surface area (TPSA) is 3.24 Å². The van der Waals surface area contributed by atoms with Crippen LogP contribution < -0.4 is 4.90 Å². The molecule has 3 aliphatic carbocycles. The van der Waals surface area contributed by atoms with Gasteiger partial charge in [0.2, 0.25) is 0 Å². The van der Waals surface area contributed by atoms with Crippen LogP contribution in [0.2, 0.25) is 0 Å². The number of anilines is 2. The number of nitrogens with zero attached hydrogens (tertiary/aromatic N) is 1. The smallest absolute Gasteiger partial charge is 0.0854 e. The number of fused-ring (bicyclic) bond motifs is 6. The zero-order chi connectivity index (χ0) is 35.3. The second-order valence-electron chi connectivity index (χ2n) is 14.4. The lowest BCUT2D eigenvalue weighted by Gasteiger charge is -2.36. The molecule has 6 aromatic rings. The Morgan fingerprint density at radius 1 is 0.846 bits per heavy atom. The maximum Gasteiger partial charge on any atom is 0.0854 e. The Labute approximate surface area is 315 Å².